The summed E-state index contributed by atoms with van der Waals surface area (Å²) < 4.78 is 31.6. The minimum absolute atomic E-state index is 0.0756. The number of hydrogen-bond donors (Lipinski definition) is 2. The topological polar surface area (TPSA) is 146 Å². The minimum atomic E-state index is -4.67. The van der Waals surface area contributed by atoms with Crippen molar-refractivity contribution < 1.29 is 22.4 Å². The van der Waals surface area contributed by atoms with Gasteiger partial charge in [-0.2, -0.15) is 8.42 Å². The summed E-state index contributed by atoms with van der Waals surface area (Å²) >= 11 is 0. The van der Waals surface area contributed by atoms with Crippen LogP contribution in [0.3, 0.4) is 0 Å². The van der Waals surface area contributed by atoms with E-state index < -0.39 is 15.3 Å². The van der Waals surface area contributed by atoms with Crippen molar-refractivity contribution in [3.8, 4) is 0 Å². The first-order valence-electron chi connectivity index (χ1n) is 3.95. The number of rotatable bonds is 1. The first-order valence-corrected chi connectivity index (χ1v) is 5.35. The average molecular weight is 262 g/mol. The van der Waals surface area contributed by atoms with E-state index in [4.69, 9.17) is 22.9 Å². The Kier molecular flexibility index (Phi) is 5.13. The molecule has 0 bridgehead atoms. The van der Waals surface area contributed by atoms with Crippen LogP contribution in [-0.4, -0.2) is 22.4 Å². The van der Waals surface area contributed by atoms with Gasteiger partial charge in [-0.15, -0.1) is 0 Å². The van der Waals surface area contributed by atoms with Crippen LogP contribution in [0.5, 0.6) is 0 Å². The molecule has 0 saturated heterocycles. The lowest BCUT2D eigenvalue weighted by molar-refractivity contribution is -0.384. The molecule has 0 atom stereocenters. The van der Waals surface area contributed by atoms with Crippen LogP contribution in [0.15, 0.2) is 18.2 Å². The molecule has 1 aromatic rings. The van der Waals surface area contributed by atoms with Gasteiger partial charge in [0.25, 0.3) is 5.69 Å². The number of nitro benzene ring substituents is 1. The van der Waals surface area contributed by atoms with Gasteiger partial charge in [0, 0.05) is 11.6 Å². The van der Waals surface area contributed by atoms with Crippen molar-refractivity contribution in [1.29, 1.82) is 5.39 Å². The van der Waals surface area contributed by atoms with Gasteiger partial charge in [-0.25, -0.2) is 0 Å². The lowest BCUT2D eigenvalue weighted by Crippen LogP contribution is -1.89. The highest BCUT2D eigenvalue weighted by molar-refractivity contribution is 7.79. The first kappa shape index (κ1) is 14.9. The van der Waals surface area contributed by atoms with Gasteiger partial charge in [-0.1, -0.05) is 0 Å². The molecule has 1 rings (SSSR count). The molecule has 1 aromatic carbocycles. The fourth-order valence-electron chi connectivity index (χ4n) is 0.819. The van der Waals surface area contributed by atoms with Gasteiger partial charge >= 0.3 is 16.1 Å². The number of nitro groups is 1. The highest BCUT2D eigenvalue weighted by Crippen LogP contribution is 2.23. The molecule has 0 heterocycles. The van der Waals surface area contributed by atoms with Gasteiger partial charge in [-0.3, -0.25) is 19.2 Å². The lowest BCUT2D eigenvalue weighted by atomic mass is 10.2. The summed E-state index contributed by atoms with van der Waals surface area (Å²) in [6.07, 6.45) is 0. The minimum Gasteiger partial charge on any atom is -0.264 e. The molecule has 0 aliphatic carbocycles. The van der Waals surface area contributed by atoms with Crippen LogP contribution in [0, 0.1) is 22.4 Å². The maximum Gasteiger partial charge on any atom is 0.394 e. The fourth-order valence-corrected chi connectivity index (χ4v) is 0.819. The van der Waals surface area contributed by atoms with Crippen LogP contribution in [0.1, 0.15) is 5.56 Å². The predicted octanol–water partition coefficient (Wildman–Crippen LogP) is 1.73. The molecule has 92 valence electrons. The molecule has 0 saturated carbocycles. The molecule has 9 nitrogen and oxygen atoms in total. The van der Waals surface area contributed by atoms with Crippen molar-refractivity contribution in [1.82, 2.24) is 0 Å². The number of benzene rings is 1. The number of aryl methyl sites for hydroxylation is 1. The van der Waals surface area contributed by atoms with E-state index in [1.165, 1.54) is 18.2 Å². The van der Waals surface area contributed by atoms with Crippen LogP contribution in [0.25, 0.3) is 4.98 Å². The van der Waals surface area contributed by atoms with E-state index in [0.29, 0.717) is 5.56 Å². The normalized spacial score (nSPS) is 9.76. The van der Waals surface area contributed by atoms with Gasteiger partial charge in [0.2, 0.25) is 5.39 Å². The standard InChI is InChI=1S/C7H6N3O2.H2O4S/c1-5-2-3-6(10(11)12)4-7(5)9-8;1-5(2,3)4/h2-4H,1H3;(H2,1,2,3,4)/q+1;. The van der Waals surface area contributed by atoms with Gasteiger partial charge in [0.15, 0.2) is 4.98 Å². The van der Waals surface area contributed by atoms with Crippen molar-refractivity contribution in [3.05, 3.63) is 38.9 Å². The smallest absolute Gasteiger partial charge is 0.264 e. The Morgan fingerprint density at radius 1 is 1.41 bits per heavy atom. The molecular formula is C7H8N3O6S+. The van der Waals surface area contributed by atoms with Crippen LogP contribution >= 0.6 is 0 Å². The summed E-state index contributed by atoms with van der Waals surface area (Å²) in [4.78, 5) is 12.6. The number of diazo groups is 1. The highest BCUT2D eigenvalue weighted by atomic mass is 32.3. The molecule has 0 aliphatic rings. The van der Waals surface area contributed by atoms with Crippen molar-refractivity contribution >= 4 is 21.8 Å². The van der Waals surface area contributed by atoms with Gasteiger partial charge < -0.3 is 0 Å². The second-order valence-electron chi connectivity index (χ2n) is 2.78. The van der Waals surface area contributed by atoms with Gasteiger partial charge in [-0.05, 0) is 13.0 Å². The quantitative estimate of drug-likeness (QED) is 0.339. The van der Waals surface area contributed by atoms with Crippen molar-refractivity contribution in [3.63, 3.8) is 0 Å². The van der Waals surface area contributed by atoms with E-state index in [9.17, 15) is 10.1 Å². The van der Waals surface area contributed by atoms with Crippen molar-refractivity contribution in [2.24, 2.45) is 0 Å². The molecule has 0 aromatic heterocycles. The SMILES string of the molecule is Cc1ccc([N+](=O)[O-])cc1[N+]#N.O=S(=O)(O)O. The number of non-ortho nitro benzene ring substituents is 1. The van der Waals surface area contributed by atoms with E-state index in [0.717, 1.165) is 0 Å². The maximum atomic E-state index is 10.3. The molecule has 0 spiro atoms. The molecule has 17 heavy (non-hydrogen) atoms. The Balaban J connectivity index is 0.000000437. The fraction of sp³-hybridized carbons (Fsp3) is 0.143. The summed E-state index contributed by atoms with van der Waals surface area (Å²) in [5, 5.41) is 18.7. The van der Waals surface area contributed by atoms with Crippen LogP contribution in [0.2, 0.25) is 0 Å². The van der Waals surface area contributed by atoms with E-state index in [1.54, 1.807) is 6.92 Å². The summed E-state index contributed by atoms with van der Waals surface area (Å²) in [6.45, 7) is 1.71. The molecule has 0 fully saturated rings. The van der Waals surface area contributed by atoms with E-state index in [-0.39, 0.29) is 11.4 Å². The summed E-state index contributed by atoms with van der Waals surface area (Å²) in [5.41, 5.74) is 0.848. The predicted molar refractivity (Wildman–Crippen MR) is 56.8 cm³/mol. The van der Waals surface area contributed by atoms with E-state index in [2.05, 4.69) is 4.98 Å². The largest absolute Gasteiger partial charge is 0.394 e. The number of hydrogen-bond acceptors (Lipinski definition) is 5. The highest BCUT2D eigenvalue weighted by Gasteiger charge is 2.15. The third kappa shape index (κ3) is 6.90. The molecule has 0 amide bonds. The molecular weight excluding hydrogens is 254 g/mol. The van der Waals surface area contributed by atoms with Crippen LogP contribution in [0.4, 0.5) is 11.4 Å². The average Bonchev–Trinajstić information content (AvgIpc) is 2.15. The maximum absolute atomic E-state index is 10.3. The first-order chi connectivity index (χ1) is 7.65. The Labute approximate surface area is 96.0 Å². The zero-order valence-corrected chi connectivity index (χ0v) is 9.33. The molecule has 10 heteroatoms. The number of nitrogens with zero attached hydrogens (tertiary/aromatic N) is 3. The van der Waals surface area contributed by atoms with Crippen LogP contribution in [-0.2, 0) is 10.4 Å². The summed E-state index contributed by atoms with van der Waals surface area (Å²) in [7, 11) is -4.67. The summed E-state index contributed by atoms with van der Waals surface area (Å²) in [5.74, 6) is 0. The molecule has 0 radical (unpaired) electrons. The van der Waals surface area contributed by atoms with Crippen molar-refractivity contribution in [2.75, 3.05) is 0 Å². The zero-order valence-electron chi connectivity index (χ0n) is 8.51. The van der Waals surface area contributed by atoms with Gasteiger partial charge in [0.05, 0.1) is 4.92 Å². The third-order valence-corrected chi connectivity index (χ3v) is 1.51. The third-order valence-electron chi connectivity index (χ3n) is 1.51. The summed E-state index contributed by atoms with van der Waals surface area (Å²) in [6, 6.07) is 4.12. The molecule has 0 unspecified atom stereocenters. The van der Waals surface area contributed by atoms with Crippen molar-refractivity contribution in [2.45, 2.75) is 6.92 Å². The Hall–Kier alpha value is -2.09. The van der Waals surface area contributed by atoms with E-state index in [1.807, 2.05) is 0 Å². The monoisotopic (exact) mass is 262 g/mol. The molecule has 2 N–H and O–H groups in total. The second kappa shape index (κ2) is 5.85. The Morgan fingerprint density at radius 3 is 2.24 bits per heavy atom. The lowest BCUT2D eigenvalue weighted by Gasteiger charge is -1.88. The van der Waals surface area contributed by atoms with E-state index >= 15 is 0 Å². The molecule has 0 aliphatic heterocycles. The Bertz CT molecular complexity index is 553. The van der Waals surface area contributed by atoms with Gasteiger partial charge in [0.1, 0.15) is 6.07 Å². The Morgan fingerprint density at radius 2 is 1.88 bits per heavy atom. The zero-order chi connectivity index (χ0) is 13.6. The van der Waals surface area contributed by atoms with Crippen LogP contribution < -0.4 is 0 Å². The second-order valence-corrected chi connectivity index (χ2v) is 3.67.